The fraction of sp³-hybridized carbons (Fsp3) is 0.200. The quantitative estimate of drug-likeness (QED) is 0.412. The number of hydrogen-bond acceptors (Lipinski definition) is 0. The van der Waals surface area contributed by atoms with Crippen LogP contribution in [0.3, 0.4) is 0 Å². The molecule has 0 atom stereocenters. The smallest absolute Gasteiger partial charge is 1.00 e. The minimum atomic E-state index is -0.705. The van der Waals surface area contributed by atoms with Gasteiger partial charge in [-0.2, -0.15) is 0 Å². The Morgan fingerprint density at radius 2 is 1.47 bits per heavy atom. The van der Waals surface area contributed by atoms with Crippen LogP contribution in [0.25, 0.3) is 11.1 Å². The molecular weight excluding hydrogens is 327 g/mol. The molecule has 19 heavy (non-hydrogen) atoms. The van der Waals surface area contributed by atoms with E-state index in [0.29, 0.717) is 0 Å². The summed E-state index contributed by atoms with van der Waals surface area (Å²) in [5.41, 5.74) is 6.04. The summed E-state index contributed by atoms with van der Waals surface area (Å²) in [5.74, 6) is 0. The molecule has 0 unspecified atom stereocenters. The standard InChI is InChI=1S/C15H16Si.2ClH.Ti/c1-16(2)15-9-5-8-13-12-7-4-3-6-11(12)10-14(13)15;;;/h3-9,16H,10H2,1-2H3;2*1H;/q;;;+2/p-2. The van der Waals surface area contributed by atoms with Crippen LogP contribution in [0.1, 0.15) is 11.1 Å². The summed E-state index contributed by atoms with van der Waals surface area (Å²) in [6, 6.07) is 15.7. The Morgan fingerprint density at radius 3 is 2.16 bits per heavy atom. The van der Waals surface area contributed by atoms with Crippen LogP contribution < -0.4 is 30.0 Å². The van der Waals surface area contributed by atoms with Gasteiger partial charge in [0.2, 0.25) is 0 Å². The molecule has 0 N–H and O–H groups in total. The predicted octanol–water partition coefficient (Wildman–Crippen LogP) is -3.04. The minimum Gasteiger partial charge on any atom is -1.00 e. The van der Waals surface area contributed by atoms with Gasteiger partial charge in [0.05, 0.1) is 8.80 Å². The van der Waals surface area contributed by atoms with Gasteiger partial charge in [-0.3, -0.25) is 0 Å². The van der Waals surface area contributed by atoms with Crippen LogP contribution in [0.2, 0.25) is 13.1 Å². The molecule has 1 aliphatic carbocycles. The van der Waals surface area contributed by atoms with E-state index in [4.69, 9.17) is 0 Å². The molecule has 0 heterocycles. The zero-order valence-corrected chi connectivity index (χ0v) is 15.3. The second-order valence-corrected chi connectivity index (χ2v) is 7.79. The van der Waals surface area contributed by atoms with E-state index in [0.717, 1.165) is 6.42 Å². The molecule has 0 saturated heterocycles. The molecule has 4 heteroatoms. The average Bonchev–Trinajstić information content (AvgIpc) is 2.67. The summed E-state index contributed by atoms with van der Waals surface area (Å²) in [6.07, 6.45) is 1.15. The predicted molar refractivity (Wildman–Crippen MR) is 73.2 cm³/mol. The molecule has 2 aromatic rings. The number of rotatable bonds is 1. The van der Waals surface area contributed by atoms with Gasteiger partial charge in [-0.1, -0.05) is 60.7 Å². The van der Waals surface area contributed by atoms with Gasteiger partial charge >= 0.3 is 21.7 Å². The largest absolute Gasteiger partial charge is 2.00 e. The molecule has 0 spiro atoms. The Labute approximate surface area is 144 Å². The Morgan fingerprint density at radius 1 is 0.842 bits per heavy atom. The van der Waals surface area contributed by atoms with Gasteiger partial charge < -0.3 is 24.8 Å². The van der Waals surface area contributed by atoms with Crippen molar-refractivity contribution in [3.8, 4) is 11.1 Å². The first-order chi connectivity index (χ1) is 7.77. The number of fused-ring (bicyclic) bond motifs is 3. The van der Waals surface area contributed by atoms with E-state index in [1.54, 1.807) is 10.8 Å². The maximum atomic E-state index is 2.42. The van der Waals surface area contributed by atoms with Crippen molar-refractivity contribution in [2.75, 3.05) is 0 Å². The molecule has 1 aliphatic rings. The van der Waals surface area contributed by atoms with Crippen LogP contribution >= 0.6 is 0 Å². The third-order valence-electron chi connectivity index (χ3n) is 3.51. The molecule has 0 nitrogen and oxygen atoms in total. The molecule has 98 valence electrons. The maximum Gasteiger partial charge on any atom is 2.00 e. The first kappa shape index (κ1) is 19.0. The fourth-order valence-corrected chi connectivity index (χ4v) is 4.17. The first-order valence-corrected chi connectivity index (χ1v) is 8.86. The Kier molecular flexibility index (Phi) is 7.64. The summed E-state index contributed by atoms with van der Waals surface area (Å²) in [4.78, 5) is 0. The molecule has 0 fully saturated rings. The van der Waals surface area contributed by atoms with Crippen LogP contribution in [0.15, 0.2) is 42.5 Å². The van der Waals surface area contributed by atoms with E-state index in [-0.39, 0.29) is 46.5 Å². The van der Waals surface area contributed by atoms with Gasteiger partial charge in [0.1, 0.15) is 0 Å². The van der Waals surface area contributed by atoms with Crippen LogP contribution in [-0.2, 0) is 28.1 Å². The van der Waals surface area contributed by atoms with Crippen molar-refractivity contribution < 1.29 is 46.5 Å². The second-order valence-electron chi connectivity index (χ2n) is 4.86. The van der Waals surface area contributed by atoms with Gasteiger partial charge in [-0.25, -0.2) is 0 Å². The number of hydrogen-bond donors (Lipinski definition) is 0. The van der Waals surface area contributed by atoms with Crippen LogP contribution in [-0.4, -0.2) is 8.80 Å². The van der Waals surface area contributed by atoms with Crippen molar-refractivity contribution in [2.24, 2.45) is 0 Å². The van der Waals surface area contributed by atoms with Crippen molar-refractivity contribution in [1.82, 2.24) is 0 Å². The van der Waals surface area contributed by atoms with E-state index in [1.165, 1.54) is 16.7 Å². The zero-order valence-electron chi connectivity index (χ0n) is 11.1. The minimum absolute atomic E-state index is 0. The van der Waals surface area contributed by atoms with Crippen molar-refractivity contribution in [3.05, 3.63) is 53.6 Å². The Hall–Kier alpha value is -0.0488. The van der Waals surface area contributed by atoms with Gasteiger partial charge in [0, 0.05) is 0 Å². The maximum absolute atomic E-state index is 2.42. The average molecular weight is 343 g/mol. The van der Waals surface area contributed by atoms with E-state index >= 15 is 0 Å². The summed E-state index contributed by atoms with van der Waals surface area (Å²) < 4.78 is 0. The number of benzene rings is 2. The van der Waals surface area contributed by atoms with Crippen molar-refractivity contribution in [1.29, 1.82) is 0 Å². The molecule has 0 saturated carbocycles. The van der Waals surface area contributed by atoms with Crippen molar-refractivity contribution in [3.63, 3.8) is 0 Å². The SMILES string of the molecule is C[SiH](C)c1cccc2c1Cc1ccccc1-2.[Cl-].[Cl-].[Ti+2]. The summed E-state index contributed by atoms with van der Waals surface area (Å²) in [7, 11) is -0.705. The Bertz CT molecular complexity index is 556. The van der Waals surface area contributed by atoms with Crippen LogP contribution in [0.4, 0.5) is 0 Å². The molecule has 0 amide bonds. The molecule has 3 rings (SSSR count). The van der Waals surface area contributed by atoms with Crippen LogP contribution in [0, 0.1) is 0 Å². The molecule has 0 bridgehead atoms. The van der Waals surface area contributed by atoms with Crippen molar-refractivity contribution in [2.45, 2.75) is 19.5 Å². The second kappa shape index (κ2) is 7.66. The molecule has 0 radical (unpaired) electrons. The topological polar surface area (TPSA) is 0 Å². The van der Waals surface area contributed by atoms with Gasteiger partial charge in [-0.15, -0.1) is 0 Å². The van der Waals surface area contributed by atoms with Gasteiger partial charge in [-0.05, 0) is 28.7 Å². The first-order valence-electron chi connectivity index (χ1n) is 5.97. The third kappa shape index (κ3) is 3.35. The molecule has 0 aliphatic heterocycles. The van der Waals surface area contributed by atoms with E-state index in [9.17, 15) is 0 Å². The molecular formula is C15H16Cl2SiTi. The van der Waals surface area contributed by atoms with Gasteiger partial charge in [0.15, 0.2) is 0 Å². The third-order valence-corrected chi connectivity index (χ3v) is 5.29. The monoisotopic (exact) mass is 342 g/mol. The van der Waals surface area contributed by atoms with Crippen molar-refractivity contribution >= 4 is 14.0 Å². The molecule has 0 aromatic heterocycles. The normalized spacial score (nSPS) is 10.7. The van der Waals surface area contributed by atoms with Crippen LogP contribution in [0.5, 0.6) is 0 Å². The zero-order chi connectivity index (χ0) is 11.1. The van der Waals surface area contributed by atoms with E-state index in [1.807, 2.05) is 0 Å². The summed E-state index contributed by atoms with van der Waals surface area (Å²) >= 11 is 0. The van der Waals surface area contributed by atoms with E-state index < -0.39 is 8.80 Å². The summed E-state index contributed by atoms with van der Waals surface area (Å²) in [5, 5.41) is 1.65. The summed E-state index contributed by atoms with van der Waals surface area (Å²) in [6.45, 7) is 4.83. The molecule has 2 aromatic carbocycles. The van der Waals surface area contributed by atoms with Gasteiger partial charge in [0.25, 0.3) is 0 Å². The van der Waals surface area contributed by atoms with E-state index in [2.05, 4.69) is 55.6 Å². The number of halogens is 2. The fourth-order valence-electron chi connectivity index (χ4n) is 2.72. The Balaban J connectivity index is 0.00000108.